The van der Waals surface area contributed by atoms with Crippen LogP contribution < -0.4 is 31.4 Å². The van der Waals surface area contributed by atoms with Crippen LogP contribution in [0, 0.1) is 0 Å². The number of fused-ring (bicyclic) bond motifs is 3. The lowest BCUT2D eigenvalue weighted by molar-refractivity contribution is -0.109. The Balaban J connectivity index is 0.000000206. The molecule has 12 rings (SSSR count). The second kappa shape index (κ2) is 47.9. The molecular weight excluding hydrogens is 1760 g/mol. The summed E-state index contributed by atoms with van der Waals surface area (Å²) in [4.78, 5) is 100. The number of halogens is 2. The predicted molar refractivity (Wildman–Crippen MR) is 483 cm³/mol. The van der Waals surface area contributed by atoms with Crippen molar-refractivity contribution in [3.8, 4) is 11.5 Å². The summed E-state index contributed by atoms with van der Waals surface area (Å²) in [6, 6.07) is 55.9. The fourth-order valence-electron chi connectivity index (χ4n) is 12.4. The second-order valence-corrected chi connectivity index (χ2v) is 37.4. The van der Waals surface area contributed by atoms with Gasteiger partial charge in [-0.3, -0.25) is 37.9 Å². The largest absolute Gasteiger partial charge is 0.497 e. The standard InChI is InChI=1S/C34H39ClN5O5P.C28H27ClN5O5P.C16H24N5O7PS2.C4H8O2S/c1-24(2)44-46(41,45-25(3)4)23-43-21-20-40-22-36-30-31(35)37-33(38-32(30)40)39-34(26-12-8-6-9-13-26,27-14-10-7-11-15-27)28-16-18-29(42-5)19-17-28;1-38-23-14-12-22(13-15-23)28(20-8-4-2-5-9-20,21-10-6-3-7-11-21)33-27-31-25(29)24-26(32-27)34(18-30-24)16-17-39-19-40(35,36)37;1-11(22)30-7-5-27-29(25,28-6-8-31-12(2)23)10-26-4-3-21-9-18-13-14(21)19-16(17)20-15(13)24;1-4(6)7-3-2-5/h6-19,22,24-25H,20-21,23H2,1-5H3,(H,37,38,39);2-15,18H,16-17,19H2,1H3,(H,31,32,33)(H2,35,36,37);9H,3-8,10H2,1-2H3,(H3,17,19,20,24);5H,2-3H2,1H3. The average Bonchev–Trinajstić information content (AvgIpc) is 0.950. The highest BCUT2D eigenvalue weighted by molar-refractivity contribution is 8.14. The van der Waals surface area contributed by atoms with E-state index in [1.165, 1.54) is 27.1 Å². The maximum Gasteiger partial charge on any atom is 0.356 e. The Labute approximate surface area is 738 Å². The Morgan fingerprint density at radius 2 is 0.806 bits per heavy atom. The Bertz CT molecular complexity index is 5520. The number of anilines is 3. The number of benzene rings is 6. The first-order valence-electron chi connectivity index (χ1n) is 38.6. The molecule has 0 radical (unpaired) electrons. The number of ether oxygens (including phenoxy) is 5. The highest BCUT2D eigenvalue weighted by atomic mass is 35.5. The first kappa shape index (κ1) is 98.5. The summed E-state index contributed by atoms with van der Waals surface area (Å²) in [7, 11) is -8.02. The van der Waals surface area contributed by atoms with Gasteiger partial charge in [-0.05, 0) is 85.3 Å². The maximum atomic E-state index is 13.2. The van der Waals surface area contributed by atoms with Gasteiger partial charge in [-0.1, -0.05) is 204 Å². The van der Waals surface area contributed by atoms with Gasteiger partial charge in [0.1, 0.15) is 52.7 Å². The van der Waals surface area contributed by atoms with Crippen molar-refractivity contribution >= 4 is 148 Å². The summed E-state index contributed by atoms with van der Waals surface area (Å²) in [6.07, 6.45) is 2.92. The minimum atomic E-state index is -4.26. The summed E-state index contributed by atoms with van der Waals surface area (Å²) in [5.41, 5.74) is 11.3. The van der Waals surface area contributed by atoms with Crippen molar-refractivity contribution in [2.45, 2.75) is 91.4 Å². The molecule has 12 aromatic rings. The van der Waals surface area contributed by atoms with Gasteiger partial charge >= 0.3 is 22.8 Å². The molecule has 6 aromatic carbocycles. The lowest BCUT2D eigenvalue weighted by atomic mass is 9.77. The Morgan fingerprint density at radius 1 is 0.476 bits per heavy atom. The molecule has 0 aliphatic carbocycles. The van der Waals surface area contributed by atoms with E-state index in [1.807, 2.05) is 178 Å². The number of hydrogen-bond acceptors (Lipinski definition) is 31. The molecule has 0 fully saturated rings. The lowest BCUT2D eigenvalue weighted by Crippen LogP contribution is -2.38. The van der Waals surface area contributed by atoms with E-state index in [0.29, 0.717) is 57.7 Å². The highest BCUT2D eigenvalue weighted by Crippen LogP contribution is 2.51. The van der Waals surface area contributed by atoms with Crippen LogP contribution in [-0.4, -0.2) is 191 Å². The van der Waals surface area contributed by atoms with Gasteiger partial charge in [-0.2, -0.15) is 24.9 Å². The van der Waals surface area contributed by atoms with Crippen molar-refractivity contribution in [1.29, 1.82) is 0 Å². The van der Waals surface area contributed by atoms with Crippen LogP contribution in [0.1, 0.15) is 81.8 Å². The van der Waals surface area contributed by atoms with Crippen LogP contribution in [-0.2, 0) is 91.1 Å². The van der Waals surface area contributed by atoms with Crippen molar-refractivity contribution in [2.24, 2.45) is 0 Å². The van der Waals surface area contributed by atoms with E-state index in [0.717, 1.165) is 80.2 Å². The number of H-pyrrole nitrogens is 1. The molecule has 6 heterocycles. The molecule has 0 spiro atoms. The molecule has 0 saturated carbocycles. The highest BCUT2D eigenvalue weighted by Gasteiger charge is 2.40. The number of imidazole rings is 3. The first-order valence-corrected chi connectivity index (χ1v) is 47.5. The molecule has 6 aromatic heterocycles. The maximum absolute atomic E-state index is 13.2. The lowest BCUT2D eigenvalue weighted by Gasteiger charge is -2.37. The van der Waals surface area contributed by atoms with Gasteiger partial charge in [0.2, 0.25) is 17.8 Å². The summed E-state index contributed by atoms with van der Waals surface area (Å²) >= 11 is 16.5. The number of aliphatic hydroxyl groups excluding tert-OH is 1. The number of nitrogens with one attached hydrogen (secondary N) is 3. The molecule has 42 heteroatoms. The number of nitrogen functional groups attached to an aromatic ring is 1. The number of rotatable bonds is 41. The number of aliphatic hydroxyl groups is 1. The van der Waals surface area contributed by atoms with Crippen LogP contribution >= 0.6 is 81.3 Å². The number of carbonyl (C=O) groups is 3. The topological polar surface area (TPSA) is 447 Å². The van der Waals surface area contributed by atoms with Gasteiger partial charge in [0.25, 0.3) is 5.56 Å². The van der Waals surface area contributed by atoms with E-state index in [1.54, 1.807) is 36.0 Å². The van der Waals surface area contributed by atoms with E-state index >= 15 is 0 Å². The minimum absolute atomic E-state index is 0.0293. The number of aromatic amines is 1. The minimum Gasteiger partial charge on any atom is -0.497 e. The first-order chi connectivity index (χ1) is 59.4. The molecule has 0 amide bonds. The van der Waals surface area contributed by atoms with E-state index < -0.39 is 45.8 Å². The molecule has 0 unspecified atom stereocenters. The van der Waals surface area contributed by atoms with Crippen molar-refractivity contribution in [3.63, 3.8) is 0 Å². The number of carbonyl (C=O) groups excluding carboxylic acids is 3. The summed E-state index contributed by atoms with van der Waals surface area (Å²) < 4.78 is 91.5. The van der Waals surface area contributed by atoms with Crippen LogP contribution in [0.4, 0.5) is 17.8 Å². The number of nitrogens with zero attached hydrogens (tertiary/aromatic N) is 11. The quantitative estimate of drug-likeness (QED) is 0.00810. The zero-order chi connectivity index (χ0) is 89.5. The molecule has 0 aliphatic rings. The normalized spacial score (nSPS) is 11.9. The Kier molecular flexibility index (Phi) is 38.0. The van der Waals surface area contributed by atoms with Crippen LogP contribution in [0.25, 0.3) is 33.5 Å². The Hall–Kier alpha value is -9.30. The predicted octanol–water partition coefficient (Wildman–Crippen LogP) is 14.7. The smallest absolute Gasteiger partial charge is 0.356 e. The van der Waals surface area contributed by atoms with Crippen molar-refractivity contribution in [1.82, 2.24) is 58.6 Å². The number of thioether (sulfide) groups is 3. The van der Waals surface area contributed by atoms with Crippen molar-refractivity contribution < 1.29 is 84.8 Å². The molecular formula is C82H98Cl2N15O19P3S3. The van der Waals surface area contributed by atoms with Crippen LogP contribution in [0.3, 0.4) is 0 Å². The van der Waals surface area contributed by atoms with E-state index in [2.05, 4.69) is 69.8 Å². The van der Waals surface area contributed by atoms with Crippen LogP contribution in [0.5, 0.6) is 11.5 Å². The van der Waals surface area contributed by atoms with E-state index in [9.17, 15) is 32.9 Å². The van der Waals surface area contributed by atoms with Crippen LogP contribution in [0.2, 0.25) is 10.3 Å². The summed E-state index contributed by atoms with van der Waals surface area (Å²) in [5.74, 6) is 3.19. The monoisotopic (exact) mass is 1860 g/mol. The number of aromatic nitrogens is 12. The molecule has 0 saturated heterocycles. The fraction of sp³-hybridized carbons (Fsp3) is 0.341. The van der Waals surface area contributed by atoms with E-state index in [-0.39, 0.29) is 121 Å². The van der Waals surface area contributed by atoms with Gasteiger partial charge in [0.05, 0.1) is 85.1 Å². The van der Waals surface area contributed by atoms with Crippen molar-refractivity contribution in [2.75, 3.05) is 107 Å². The zero-order valence-electron chi connectivity index (χ0n) is 69.4. The number of nitrogens with two attached hydrogens (primary N) is 1. The SMILES string of the molecule is CC(=O)SCCO.CC(=O)SCCOP(=O)(COCCn1cnc2c(=O)[nH]c(N)nc21)OCCSC(C)=O.COc1ccc(C(Nc2nc(Cl)c3ncn(CCOCP(=O)(O)O)c3n2)(c2ccccc2)c2ccccc2)cc1.COc1ccc(C(Nc2nc(Cl)c3ncn(CCOCP(=O)(OC(C)C)OC(C)C)c3n2)(c2ccccc2)c2ccccc2)cc1. The third-order valence-electron chi connectivity index (χ3n) is 17.5. The Morgan fingerprint density at radius 3 is 1.14 bits per heavy atom. The molecule has 662 valence electrons. The fourth-order valence-corrected chi connectivity index (χ4v) is 17.8. The third-order valence-corrected chi connectivity index (χ3v) is 24.5. The van der Waals surface area contributed by atoms with Gasteiger partial charge in [0.15, 0.2) is 48.1 Å². The van der Waals surface area contributed by atoms with Gasteiger partial charge in [0, 0.05) is 57.7 Å². The molecule has 124 heavy (non-hydrogen) atoms. The molecule has 34 nitrogen and oxygen atoms in total. The zero-order valence-corrected chi connectivity index (χ0v) is 76.0. The third kappa shape index (κ3) is 28.6. The molecule has 0 bridgehead atoms. The van der Waals surface area contributed by atoms with Gasteiger partial charge in [-0.25, -0.2) is 15.0 Å². The molecule has 0 atom stereocenters. The summed E-state index contributed by atoms with van der Waals surface area (Å²) in [5, 5.41) is 15.7. The van der Waals surface area contributed by atoms with Crippen LogP contribution in [0.15, 0.2) is 194 Å². The molecule has 0 aliphatic heterocycles. The van der Waals surface area contributed by atoms with Gasteiger partial charge in [-0.15, -0.1) is 0 Å². The second-order valence-electron chi connectivity index (χ2n) is 27.3. The number of hydrogen-bond donors (Lipinski definition) is 7. The van der Waals surface area contributed by atoms with E-state index in [4.69, 9.17) is 95.6 Å². The van der Waals surface area contributed by atoms with Gasteiger partial charge < -0.3 is 86.7 Å². The number of methoxy groups -OCH3 is 2. The van der Waals surface area contributed by atoms with Crippen molar-refractivity contribution in [3.05, 3.63) is 243 Å². The molecule has 8 N–H and O–H groups in total. The summed E-state index contributed by atoms with van der Waals surface area (Å²) in [6.45, 7) is 13.0. The average molecular weight is 1860 g/mol.